The van der Waals surface area contributed by atoms with Crippen molar-refractivity contribution >= 4 is 19.7 Å². The normalized spacial score (nSPS) is 14.3. The average molecular weight is 1110 g/mol. The van der Waals surface area contributed by atoms with Gasteiger partial charge in [0, 0.05) is 12.8 Å². The number of hydrogen-bond acceptors (Lipinski definition) is 7. The van der Waals surface area contributed by atoms with Crippen LogP contribution in [0.5, 0.6) is 0 Å². The monoisotopic (exact) mass is 1110 g/mol. The molecule has 0 aliphatic carbocycles. The van der Waals surface area contributed by atoms with Crippen LogP contribution in [0.2, 0.25) is 0 Å². The Morgan fingerprint density at radius 1 is 0.462 bits per heavy atom. The molecular weight excluding hydrogens is 988 g/mol. The third-order valence-electron chi connectivity index (χ3n) is 13.7. The second kappa shape index (κ2) is 57.2. The number of carbonyl (C=O) groups excluding carboxylic acids is 2. The van der Waals surface area contributed by atoms with Crippen molar-refractivity contribution in [1.29, 1.82) is 0 Å². The summed E-state index contributed by atoms with van der Waals surface area (Å²) in [5, 5.41) is 3.01. The molecule has 0 bridgehead atoms. The van der Waals surface area contributed by atoms with Crippen LogP contribution in [-0.2, 0) is 27.9 Å². The van der Waals surface area contributed by atoms with E-state index in [-0.39, 0.29) is 31.3 Å². The summed E-state index contributed by atoms with van der Waals surface area (Å²) in [7, 11) is 1.15. The number of nitrogens with zero attached hydrogens (tertiary/aromatic N) is 1. The van der Waals surface area contributed by atoms with E-state index >= 15 is 0 Å². The van der Waals surface area contributed by atoms with Gasteiger partial charge in [0.05, 0.1) is 33.8 Å². The molecule has 0 rings (SSSR count). The van der Waals surface area contributed by atoms with Gasteiger partial charge in [0.25, 0.3) is 7.82 Å². The highest BCUT2D eigenvalue weighted by Crippen LogP contribution is 2.38. The maximum absolute atomic E-state index is 13.5. The molecular formula is C68H121N2O7P. The topological polar surface area (TPSA) is 114 Å². The highest BCUT2D eigenvalue weighted by Gasteiger charge is 2.27. The Hall–Kier alpha value is -3.07. The van der Waals surface area contributed by atoms with Crippen LogP contribution < -0.4 is 10.2 Å². The fraction of sp³-hybridized carbons (Fsp3) is 0.735. The summed E-state index contributed by atoms with van der Waals surface area (Å²) in [6, 6.07) is -0.910. The zero-order valence-corrected chi connectivity index (χ0v) is 52.2. The molecule has 0 aliphatic heterocycles. The first-order valence-electron chi connectivity index (χ1n) is 32.0. The second-order valence-electron chi connectivity index (χ2n) is 22.5. The van der Waals surface area contributed by atoms with Gasteiger partial charge in [-0.05, 0) is 109 Å². The Kier molecular flexibility index (Phi) is 54.9. The number of hydrogen-bond donors (Lipinski definition) is 1. The Morgan fingerprint density at radius 3 is 1.27 bits per heavy atom. The molecule has 0 spiro atoms. The highest BCUT2D eigenvalue weighted by atomic mass is 31.2. The van der Waals surface area contributed by atoms with E-state index in [0.29, 0.717) is 17.4 Å². The summed E-state index contributed by atoms with van der Waals surface area (Å²) >= 11 is 0. The molecule has 3 unspecified atom stereocenters. The van der Waals surface area contributed by atoms with Gasteiger partial charge < -0.3 is 28.5 Å². The first-order chi connectivity index (χ1) is 37.9. The van der Waals surface area contributed by atoms with Crippen LogP contribution in [0.3, 0.4) is 0 Å². The van der Waals surface area contributed by atoms with Gasteiger partial charge in [-0.25, -0.2) is 0 Å². The SMILES string of the molecule is CC/C=C/C/C=C/C/C=C/C/C=C/CCCCCC(=O)NC(COP(=O)([O-])OCC[N+](C)(C)C)C(/C=C\CCCCCCCCCCC)OC(=O)CCCCCCCCCCCCCC/C=C\C/C=C\C/C=C\CCCCC. The van der Waals surface area contributed by atoms with Crippen LogP contribution in [0.25, 0.3) is 0 Å². The number of allylic oxidation sites excluding steroid dienone is 15. The fourth-order valence-electron chi connectivity index (χ4n) is 8.81. The van der Waals surface area contributed by atoms with E-state index in [2.05, 4.69) is 111 Å². The van der Waals surface area contributed by atoms with Crippen LogP contribution in [0.1, 0.15) is 271 Å². The van der Waals surface area contributed by atoms with Crippen LogP contribution in [-0.4, -0.2) is 69.4 Å². The van der Waals surface area contributed by atoms with Crippen molar-refractivity contribution in [2.45, 2.75) is 283 Å². The van der Waals surface area contributed by atoms with Gasteiger partial charge in [-0.1, -0.05) is 247 Å². The minimum atomic E-state index is -4.71. The molecule has 0 aromatic heterocycles. The second-order valence-corrected chi connectivity index (χ2v) is 23.9. The van der Waals surface area contributed by atoms with Gasteiger partial charge in [-0.3, -0.25) is 14.2 Å². The van der Waals surface area contributed by atoms with Crippen molar-refractivity contribution in [3.63, 3.8) is 0 Å². The molecule has 3 atom stereocenters. The molecule has 450 valence electrons. The molecule has 0 fully saturated rings. The number of amides is 1. The number of carbonyl (C=O) groups is 2. The summed E-state index contributed by atoms with van der Waals surface area (Å²) in [5.74, 6) is -0.582. The van der Waals surface area contributed by atoms with Gasteiger partial charge in [0.15, 0.2) is 0 Å². The van der Waals surface area contributed by atoms with Crippen molar-refractivity contribution in [1.82, 2.24) is 5.32 Å². The van der Waals surface area contributed by atoms with E-state index in [4.69, 9.17) is 13.8 Å². The zero-order valence-electron chi connectivity index (χ0n) is 51.3. The third-order valence-corrected chi connectivity index (χ3v) is 14.7. The van der Waals surface area contributed by atoms with Crippen molar-refractivity contribution in [3.8, 4) is 0 Å². The van der Waals surface area contributed by atoms with Crippen LogP contribution in [0, 0.1) is 0 Å². The van der Waals surface area contributed by atoms with Crippen LogP contribution in [0.4, 0.5) is 0 Å². The lowest BCUT2D eigenvalue weighted by Crippen LogP contribution is -2.47. The zero-order chi connectivity index (χ0) is 57.2. The van der Waals surface area contributed by atoms with E-state index in [0.717, 1.165) is 96.3 Å². The Labute approximate surface area is 481 Å². The number of esters is 1. The van der Waals surface area contributed by atoms with E-state index in [1.807, 2.05) is 33.3 Å². The molecule has 0 aromatic rings. The minimum absolute atomic E-state index is 0.0330. The van der Waals surface area contributed by atoms with Crippen molar-refractivity contribution in [3.05, 3.63) is 97.2 Å². The predicted octanol–water partition coefficient (Wildman–Crippen LogP) is 19.3. The molecule has 0 saturated heterocycles. The molecule has 10 heteroatoms. The molecule has 0 aliphatic rings. The largest absolute Gasteiger partial charge is 0.756 e. The maximum Gasteiger partial charge on any atom is 0.306 e. The summed E-state index contributed by atoms with van der Waals surface area (Å²) in [6.45, 7) is 6.67. The number of unbranched alkanes of at least 4 members (excludes halogenated alkanes) is 27. The van der Waals surface area contributed by atoms with E-state index in [9.17, 15) is 19.0 Å². The molecule has 78 heavy (non-hydrogen) atoms. The predicted molar refractivity (Wildman–Crippen MR) is 334 cm³/mol. The number of phosphoric ester groups is 1. The average Bonchev–Trinajstić information content (AvgIpc) is 3.40. The molecule has 1 N–H and O–H groups in total. The fourth-order valence-corrected chi connectivity index (χ4v) is 9.54. The summed E-state index contributed by atoms with van der Waals surface area (Å²) in [4.78, 5) is 40.0. The lowest BCUT2D eigenvalue weighted by Gasteiger charge is -2.30. The number of quaternary nitrogens is 1. The summed E-state index contributed by atoms with van der Waals surface area (Å²) in [6.07, 6.45) is 76.7. The van der Waals surface area contributed by atoms with Gasteiger partial charge in [-0.2, -0.15) is 0 Å². The Balaban J connectivity index is 5.14. The number of likely N-dealkylation sites (N-methyl/N-ethyl adjacent to an activating group) is 1. The quantitative estimate of drug-likeness (QED) is 0.0212. The molecule has 9 nitrogen and oxygen atoms in total. The lowest BCUT2D eigenvalue weighted by atomic mass is 10.0. The Bertz CT molecular complexity index is 1660. The number of rotatable bonds is 57. The van der Waals surface area contributed by atoms with E-state index in [1.165, 1.54) is 135 Å². The van der Waals surface area contributed by atoms with Crippen LogP contribution >= 0.6 is 7.82 Å². The van der Waals surface area contributed by atoms with Crippen molar-refractivity contribution < 1.29 is 37.3 Å². The van der Waals surface area contributed by atoms with Crippen molar-refractivity contribution in [2.24, 2.45) is 0 Å². The molecule has 1 amide bonds. The first kappa shape index (κ1) is 74.9. The van der Waals surface area contributed by atoms with Crippen molar-refractivity contribution in [2.75, 3.05) is 40.9 Å². The molecule has 0 aromatic carbocycles. The maximum atomic E-state index is 13.5. The number of phosphoric acid groups is 1. The van der Waals surface area contributed by atoms with Gasteiger partial charge in [0.1, 0.15) is 19.3 Å². The molecule has 0 heterocycles. The van der Waals surface area contributed by atoms with Gasteiger partial charge in [0.2, 0.25) is 5.91 Å². The van der Waals surface area contributed by atoms with Gasteiger partial charge in [-0.15, -0.1) is 0 Å². The van der Waals surface area contributed by atoms with E-state index in [1.54, 1.807) is 0 Å². The van der Waals surface area contributed by atoms with Crippen LogP contribution in [0.15, 0.2) is 97.2 Å². The lowest BCUT2D eigenvalue weighted by molar-refractivity contribution is -0.870. The molecule has 0 saturated carbocycles. The molecule has 0 radical (unpaired) electrons. The number of nitrogens with one attached hydrogen (secondary N) is 1. The van der Waals surface area contributed by atoms with Gasteiger partial charge >= 0.3 is 5.97 Å². The number of ether oxygens (including phenoxy) is 1. The third kappa shape index (κ3) is 57.6. The standard InChI is InChI=1S/C68H121N2O7P/c1-7-10-13-16-19-22-25-27-29-31-32-33-34-35-36-37-38-39-41-43-46-49-52-55-58-61-68(72)77-66(59-56-53-50-47-44-24-21-18-15-12-9-3)65(64-76-78(73,74)75-63-62-70(4,5)6)69-67(71)60-57-54-51-48-45-42-40-30-28-26-23-20-17-14-11-8-2/h11,14,19-20,22-23,27-30,32-33,42,45,56,59,65-66H,7-10,12-13,15-18,21,24-26,31,34-41,43-44,46-55,57-58,60-64H2,1-6H3,(H-,69,71,73,74)/b14-11+,22-19-,23-20+,29-27-,30-28+,33-32-,45-42+,59-56-. The smallest absolute Gasteiger partial charge is 0.306 e. The Morgan fingerprint density at radius 2 is 0.821 bits per heavy atom. The first-order valence-corrected chi connectivity index (χ1v) is 33.5. The van der Waals surface area contributed by atoms with E-state index < -0.39 is 26.6 Å². The summed E-state index contributed by atoms with van der Waals surface area (Å²) < 4.78 is 30.3. The summed E-state index contributed by atoms with van der Waals surface area (Å²) in [5.41, 5.74) is 0. The highest BCUT2D eigenvalue weighted by molar-refractivity contribution is 7.45. The minimum Gasteiger partial charge on any atom is -0.756 e.